The highest BCUT2D eigenvalue weighted by molar-refractivity contribution is 6.51. The van der Waals surface area contributed by atoms with E-state index in [9.17, 15) is 4.79 Å². The molecule has 2 aromatic rings. The number of aryl methyl sites for hydroxylation is 1. The lowest BCUT2D eigenvalue weighted by Crippen LogP contribution is -2.10. The van der Waals surface area contributed by atoms with Crippen LogP contribution in [-0.2, 0) is 0 Å². The van der Waals surface area contributed by atoms with Crippen molar-refractivity contribution < 1.29 is 4.79 Å². The average molecular weight is 248 g/mol. The number of benzene rings is 2. The first kappa shape index (κ1) is 13.3. The van der Waals surface area contributed by atoms with Gasteiger partial charge in [0.15, 0.2) is 13.1 Å². The molecule has 0 fully saturated rings. The second kappa shape index (κ2) is 6.19. The minimum atomic E-state index is 0.0447. The maximum absolute atomic E-state index is 12.0. The van der Waals surface area contributed by atoms with E-state index < -0.39 is 0 Å². The summed E-state index contributed by atoms with van der Waals surface area (Å²) in [4.78, 5) is 12.0. The zero-order valence-electron chi connectivity index (χ0n) is 11.4. The van der Waals surface area contributed by atoms with E-state index in [1.165, 1.54) is 11.0 Å². The molecular weight excluding hydrogens is 231 g/mol. The first-order chi connectivity index (χ1) is 9.19. The lowest BCUT2D eigenvalue weighted by molar-refractivity contribution is 0.104. The Hall–Kier alpha value is -2.09. The molecule has 2 aromatic carbocycles. The van der Waals surface area contributed by atoms with Gasteiger partial charge in [0.05, 0.1) is 0 Å². The smallest absolute Gasteiger partial charge is 0.185 e. The molecule has 2 heteroatoms. The fourth-order valence-corrected chi connectivity index (χ4v) is 1.85. The molecule has 1 nitrogen and oxygen atoms in total. The number of allylic oxidation sites excluding steroid dienone is 1. The number of hydrogen-bond donors (Lipinski definition) is 0. The van der Waals surface area contributed by atoms with Gasteiger partial charge in [-0.2, -0.15) is 0 Å². The standard InChI is InChI=1S/C17H17BO/c1-13-3-5-14(6-4-13)7-12-17(19)15-8-10-16(18-2)11-9-15/h3-12,18H,1-2H3/b12-7+. The molecule has 2 rings (SSSR count). The number of hydrogen-bond acceptors (Lipinski definition) is 1. The summed E-state index contributed by atoms with van der Waals surface area (Å²) in [5.41, 5.74) is 4.25. The van der Waals surface area contributed by atoms with Crippen molar-refractivity contribution in [2.45, 2.75) is 13.7 Å². The van der Waals surface area contributed by atoms with E-state index in [4.69, 9.17) is 0 Å². The molecule has 0 aliphatic heterocycles. The zero-order valence-corrected chi connectivity index (χ0v) is 11.4. The molecule has 0 aliphatic carbocycles. The van der Waals surface area contributed by atoms with E-state index in [-0.39, 0.29) is 5.78 Å². The summed E-state index contributed by atoms with van der Waals surface area (Å²) < 4.78 is 0. The third-order valence-corrected chi connectivity index (χ3v) is 3.15. The predicted octanol–water partition coefficient (Wildman–Crippen LogP) is 3.00. The van der Waals surface area contributed by atoms with Crippen molar-refractivity contribution >= 4 is 24.6 Å². The molecule has 0 bridgehead atoms. The summed E-state index contributed by atoms with van der Waals surface area (Å²) in [6.07, 6.45) is 3.49. The van der Waals surface area contributed by atoms with Gasteiger partial charge in [-0.25, -0.2) is 0 Å². The lowest BCUT2D eigenvalue weighted by Gasteiger charge is -1.98. The Morgan fingerprint density at radius 3 is 2.21 bits per heavy atom. The zero-order chi connectivity index (χ0) is 13.7. The molecule has 0 amide bonds. The van der Waals surface area contributed by atoms with E-state index >= 15 is 0 Å². The van der Waals surface area contributed by atoms with E-state index in [0.29, 0.717) is 0 Å². The Kier molecular flexibility index (Phi) is 4.35. The maximum atomic E-state index is 12.0. The van der Waals surface area contributed by atoms with Crippen LogP contribution in [0.4, 0.5) is 0 Å². The van der Waals surface area contributed by atoms with Crippen LogP contribution < -0.4 is 5.46 Å². The minimum Gasteiger partial charge on any atom is -0.289 e. The van der Waals surface area contributed by atoms with Gasteiger partial charge in [0, 0.05) is 5.56 Å². The second-order valence-corrected chi connectivity index (χ2v) is 4.66. The molecule has 0 aliphatic rings. The summed E-state index contributed by atoms with van der Waals surface area (Å²) in [6, 6.07) is 15.9. The second-order valence-electron chi connectivity index (χ2n) is 4.66. The molecular formula is C17H17BO. The molecule has 0 N–H and O–H groups in total. The van der Waals surface area contributed by atoms with Crippen LogP contribution >= 0.6 is 0 Å². The number of carbonyl (C=O) groups excluding carboxylic acids is 1. The van der Waals surface area contributed by atoms with Gasteiger partial charge in [0.2, 0.25) is 0 Å². The van der Waals surface area contributed by atoms with Crippen LogP contribution in [0.15, 0.2) is 54.6 Å². The molecule has 0 saturated heterocycles. The molecule has 0 spiro atoms. The summed E-state index contributed by atoms with van der Waals surface area (Å²) in [7, 11) is 0.994. The first-order valence-corrected chi connectivity index (χ1v) is 6.57. The van der Waals surface area contributed by atoms with Crippen LogP contribution in [0.3, 0.4) is 0 Å². The van der Waals surface area contributed by atoms with Gasteiger partial charge < -0.3 is 0 Å². The largest absolute Gasteiger partial charge is 0.289 e. The summed E-state index contributed by atoms with van der Waals surface area (Å²) in [5, 5.41) is 0. The molecule has 0 heterocycles. The van der Waals surface area contributed by atoms with Crippen molar-refractivity contribution in [1.29, 1.82) is 0 Å². The van der Waals surface area contributed by atoms with Crippen molar-refractivity contribution in [3.05, 3.63) is 71.3 Å². The maximum Gasteiger partial charge on any atom is 0.185 e. The van der Waals surface area contributed by atoms with Crippen molar-refractivity contribution in [2.24, 2.45) is 0 Å². The average Bonchev–Trinajstić information content (AvgIpc) is 2.46. The van der Waals surface area contributed by atoms with Crippen LogP contribution in [0.2, 0.25) is 6.82 Å². The molecule has 19 heavy (non-hydrogen) atoms. The van der Waals surface area contributed by atoms with Gasteiger partial charge in [-0.05, 0) is 18.6 Å². The highest BCUT2D eigenvalue weighted by Gasteiger charge is 2.01. The summed E-state index contributed by atoms with van der Waals surface area (Å²) >= 11 is 0. The third kappa shape index (κ3) is 3.69. The number of ketones is 1. The van der Waals surface area contributed by atoms with E-state index in [0.717, 1.165) is 18.4 Å². The van der Waals surface area contributed by atoms with Crippen LogP contribution in [0.1, 0.15) is 21.5 Å². The monoisotopic (exact) mass is 248 g/mol. The van der Waals surface area contributed by atoms with Gasteiger partial charge in [0.1, 0.15) is 0 Å². The highest BCUT2D eigenvalue weighted by atomic mass is 16.1. The SMILES string of the molecule is CBc1ccc(C(=O)/C=C/c2ccc(C)cc2)cc1. The van der Waals surface area contributed by atoms with Gasteiger partial charge in [-0.15, -0.1) is 0 Å². The van der Waals surface area contributed by atoms with Crippen LogP contribution in [0.5, 0.6) is 0 Å². The normalized spacial score (nSPS) is 10.6. The van der Waals surface area contributed by atoms with Crippen LogP contribution in [0.25, 0.3) is 6.08 Å². The Morgan fingerprint density at radius 1 is 1.00 bits per heavy atom. The Balaban J connectivity index is 2.09. The van der Waals surface area contributed by atoms with Crippen molar-refractivity contribution in [1.82, 2.24) is 0 Å². The van der Waals surface area contributed by atoms with Crippen molar-refractivity contribution in [3.63, 3.8) is 0 Å². The number of rotatable bonds is 4. The molecule has 0 saturated carbocycles. The highest BCUT2D eigenvalue weighted by Crippen LogP contribution is 2.07. The number of carbonyl (C=O) groups is 1. The Labute approximate surface area is 115 Å². The minimum absolute atomic E-state index is 0.0447. The van der Waals surface area contributed by atoms with Crippen molar-refractivity contribution in [2.75, 3.05) is 0 Å². The van der Waals surface area contributed by atoms with Crippen LogP contribution in [-0.4, -0.2) is 13.1 Å². The topological polar surface area (TPSA) is 17.1 Å². The Bertz CT molecular complexity index is 580. The van der Waals surface area contributed by atoms with E-state index in [2.05, 4.69) is 6.82 Å². The molecule has 0 aromatic heterocycles. The van der Waals surface area contributed by atoms with Crippen molar-refractivity contribution in [3.8, 4) is 0 Å². The molecule has 0 unspecified atom stereocenters. The van der Waals surface area contributed by atoms with E-state index in [1.54, 1.807) is 6.08 Å². The lowest BCUT2D eigenvalue weighted by atomic mass is 9.73. The molecule has 0 atom stereocenters. The predicted molar refractivity (Wildman–Crippen MR) is 83.6 cm³/mol. The Morgan fingerprint density at radius 2 is 1.63 bits per heavy atom. The summed E-state index contributed by atoms with van der Waals surface area (Å²) in [5.74, 6) is 0.0447. The van der Waals surface area contributed by atoms with Gasteiger partial charge >= 0.3 is 0 Å². The van der Waals surface area contributed by atoms with Gasteiger partial charge in [-0.3, -0.25) is 4.79 Å². The quantitative estimate of drug-likeness (QED) is 0.462. The fraction of sp³-hybridized carbons (Fsp3) is 0.118. The molecule has 0 radical (unpaired) electrons. The van der Waals surface area contributed by atoms with Crippen LogP contribution in [0, 0.1) is 6.92 Å². The fourth-order valence-electron chi connectivity index (χ4n) is 1.85. The van der Waals surface area contributed by atoms with Gasteiger partial charge in [0.25, 0.3) is 0 Å². The first-order valence-electron chi connectivity index (χ1n) is 6.57. The van der Waals surface area contributed by atoms with Gasteiger partial charge in [-0.1, -0.05) is 72.5 Å². The molecule has 94 valence electrons. The third-order valence-electron chi connectivity index (χ3n) is 3.15. The van der Waals surface area contributed by atoms with E-state index in [1.807, 2.05) is 61.5 Å². The summed E-state index contributed by atoms with van der Waals surface area (Å²) in [6.45, 7) is 4.15.